The van der Waals surface area contributed by atoms with Gasteiger partial charge in [0, 0.05) is 23.2 Å². The third-order valence-corrected chi connectivity index (χ3v) is 3.92. The average Bonchev–Trinajstić information content (AvgIpc) is 2.96. The van der Waals surface area contributed by atoms with Crippen LogP contribution in [-0.2, 0) is 0 Å². The number of alkyl halides is 3. The minimum atomic E-state index is -2.16. The molecule has 2 heterocycles. The van der Waals surface area contributed by atoms with Gasteiger partial charge in [0.1, 0.15) is 28.5 Å². The number of hydrogen-bond acceptors (Lipinski definition) is 4. The Bertz CT molecular complexity index is 1030. The number of carbonyl (C=O) groups is 2. The molecule has 0 bridgehead atoms. The second-order valence-corrected chi connectivity index (χ2v) is 7.43. The molecule has 0 aliphatic carbocycles. The van der Waals surface area contributed by atoms with Crippen molar-refractivity contribution < 1.29 is 23.8 Å². The van der Waals surface area contributed by atoms with Gasteiger partial charge in [-0.25, -0.2) is 14.2 Å². The third-order valence-electron chi connectivity index (χ3n) is 3.41. The summed E-state index contributed by atoms with van der Waals surface area (Å²) in [5.74, 6) is -2.88. The predicted molar refractivity (Wildman–Crippen MR) is 94.1 cm³/mol. The fraction of sp³-hybridized carbons (Fsp3) is 0.0625. The Morgan fingerprint density at radius 3 is 2.58 bits per heavy atom. The zero-order chi connectivity index (χ0) is 19.1. The highest BCUT2D eigenvalue weighted by Gasteiger charge is 2.33. The molecule has 2 N–H and O–H groups in total. The van der Waals surface area contributed by atoms with E-state index < -0.39 is 21.4 Å². The molecule has 0 saturated heterocycles. The first-order chi connectivity index (χ1) is 12.2. The molecule has 0 spiro atoms. The Hall–Kier alpha value is -2.35. The fourth-order valence-electron chi connectivity index (χ4n) is 2.26. The zero-order valence-corrected chi connectivity index (χ0v) is 14.9. The van der Waals surface area contributed by atoms with E-state index in [2.05, 4.69) is 9.97 Å². The van der Waals surface area contributed by atoms with E-state index in [4.69, 9.17) is 44.6 Å². The van der Waals surface area contributed by atoms with Crippen LogP contribution in [0.5, 0.6) is 11.5 Å². The van der Waals surface area contributed by atoms with E-state index in [1.165, 1.54) is 18.5 Å². The van der Waals surface area contributed by atoms with Crippen molar-refractivity contribution >= 4 is 57.6 Å². The largest absolute Gasteiger partial charge is 0.478 e. The zero-order valence-electron chi connectivity index (χ0n) is 12.6. The van der Waals surface area contributed by atoms with Gasteiger partial charge in [0.05, 0.1) is 6.20 Å². The molecule has 2 aromatic heterocycles. The van der Waals surface area contributed by atoms with Crippen molar-refractivity contribution in [3.8, 4) is 11.5 Å². The van der Waals surface area contributed by atoms with Gasteiger partial charge in [0.15, 0.2) is 0 Å². The number of aromatic amines is 1. The number of ether oxygens (including phenoxy) is 1. The molecule has 10 heteroatoms. The highest BCUT2D eigenvalue weighted by atomic mass is 35.6. The molecule has 0 amide bonds. The molecular weight excluding hydrogens is 410 g/mol. The Morgan fingerprint density at radius 1 is 1.19 bits per heavy atom. The number of fused-ring (bicyclic) bond motifs is 1. The summed E-state index contributed by atoms with van der Waals surface area (Å²) in [5, 5.41) is 9.47. The Morgan fingerprint density at radius 2 is 1.92 bits per heavy atom. The van der Waals surface area contributed by atoms with Gasteiger partial charge in [-0.15, -0.1) is 0 Å². The molecule has 6 nitrogen and oxygen atoms in total. The topological polar surface area (TPSA) is 92.3 Å². The SMILES string of the molecule is O=C(O)c1ccc(F)cc1Oc1cnc2[nH]cc(C(=O)C(Cl)(Cl)Cl)c2c1. The third kappa shape index (κ3) is 3.60. The maximum atomic E-state index is 13.4. The molecular formula is C16H8Cl3FN2O4. The number of carboxylic acids is 1. The Balaban J connectivity index is 2.04. The van der Waals surface area contributed by atoms with E-state index in [0.29, 0.717) is 11.0 Å². The number of Topliss-reactive ketones (excluding diaryl/α,β-unsaturated/α-hetero) is 1. The summed E-state index contributed by atoms with van der Waals surface area (Å²) < 4.78 is 16.7. The number of hydrogen-bond donors (Lipinski definition) is 2. The molecule has 0 saturated carbocycles. The van der Waals surface area contributed by atoms with Crippen LogP contribution in [0.25, 0.3) is 11.0 Å². The monoisotopic (exact) mass is 416 g/mol. The minimum Gasteiger partial charge on any atom is -0.478 e. The standard InChI is InChI=1S/C16H8Cl3FN2O4/c17-16(18,19)13(23)11-6-22-14-10(11)4-8(5-21-14)26-12-3-7(20)1-2-9(12)15(24)25/h1-6H,(H,21,22)(H,24,25). The van der Waals surface area contributed by atoms with Gasteiger partial charge in [-0.1, -0.05) is 34.8 Å². The van der Waals surface area contributed by atoms with Gasteiger partial charge in [-0.2, -0.15) is 0 Å². The van der Waals surface area contributed by atoms with Crippen LogP contribution >= 0.6 is 34.8 Å². The summed E-state index contributed by atoms with van der Waals surface area (Å²) in [5.41, 5.74) is 0.154. The van der Waals surface area contributed by atoms with Gasteiger partial charge < -0.3 is 14.8 Å². The van der Waals surface area contributed by atoms with E-state index in [0.717, 1.165) is 18.2 Å². The molecule has 0 unspecified atom stereocenters. The second kappa shape index (κ2) is 6.75. The van der Waals surface area contributed by atoms with E-state index in [-0.39, 0.29) is 22.6 Å². The fourth-order valence-corrected chi connectivity index (χ4v) is 2.57. The highest BCUT2D eigenvalue weighted by Crippen LogP contribution is 2.34. The van der Waals surface area contributed by atoms with E-state index >= 15 is 0 Å². The van der Waals surface area contributed by atoms with Gasteiger partial charge in [0.25, 0.3) is 3.79 Å². The molecule has 0 aliphatic rings. The van der Waals surface area contributed by atoms with Crippen LogP contribution in [0.4, 0.5) is 4.39 Å². The summed E-state index contributed by atoms with van der Waals surface area (Å²) in [4.78, 5) is 30.2. The van der Waals surface area contributed by atoms with Gasteiger partial charge in [0.2, 0.25) is 5.78 Å². The molecule has 0 radical (unpaired) electrons. The van der Waals surface area contributed by atoms with Crippen molar-refractivity contribution in [2.45, 2.75) is 3.79 Å². The van der Waals surface area contributed by atoms with Gasteiger partial charge >= 0.3 is 5.97 Å². The summed E-state index contributed by atoms with van der Waals surface area (Å²) in [6, 6.07) is 4.41. The summed E-state index contributed by atoms with van der Waals surface area (Å²) in [6.45, 7) is 0. The Labute approximate surface area is 160 Å². The van der Waals surface area contributed by atoms with Crippen LogP contribution in [0, 0.1) is 5.82 Å². The van der Waals surface area contributed by atoms with E-state index in [1.54, 1.807) is 0 Å². The summed E-state index contributed by atoms with van der Waals surface area (Å²) in [6.07, 6.45) is 2.61. The molecule has 134 valence electrons. The normalized spacial score (nSPS) is 11.5. The number of ketones is 1. The van der Waals surface area contributed by atoms with Crippen LogP contribution in [-0.4, -0.2) is 30.6 Å². The number of nitrogens with zero attached hydrogens (tertiary/aromatic N) is 1. The van der Waals surface area contributed by atoms with E-state index in [9.17, 15) is 14.0 Å². The van der Waals surface area contributed by atoms with Crippen LogP contribution in [0.3, 0.4) is 0 Å². The number of nitrogens with one attached hydrogen (secondary N) is 1. The minimum absolute atomic E-state index is 0.0654. The van der Waals surface area contributed by atoms with Crippen LogP contribution in [0.1, 0.15) is 20.7 Å². The molecule has 1 aromatic carbocycles. The molecule has 3 rings (SSSR count). The Kier molecular flexibility index (Phi) is 4.79. The summed E-state index contributed by atoms with van der Waals surface area (Å²) in [7, 11) is 0. The summed E-state index contributed by atoms with van der Waals surface area (Å²) >= 11 is 16.9. The van der Waals surface area contributed by atoms with Crippen LogP contribution in [0.2, 0.25) is 0 Å². The lowest BCUT2D eigenvalue weighted by Crippen LogP contribution is -2.18. The number of carboxylic acid groups (broad SMARTS) is 1. The number of pyridine rings is 1. The number of aromatic nitrogens is 2. The van der Waals surface area contributed by atoms with Crippen molar-refractivity contribution in [2.24, 2.45) is 0 Å². The maximum absolute atomic E-state index is 13.4. The molecule has 0 atom stereocenters. The van der Waals surface area contributed by atoms with Gasteiger partial charge in [-0.05, 0) is 18.2 Å². The quantitative estimate of drug-likeness (QED) is 0.472. The number of benzene rings is 1. The van der Waals surface area contributed by atoms with Crippen molar-refractivity contribution in [1.29, 1.82) is 0 Å². The lowest BCUT2D eigenvalue weighted by Gasteiger charge is -2.10. The number of rotatable bonds is 4. The molecule has 0 fully saturated rings. The van der Waals surface area contributed by atoms with Crippen molar-refractivity contribution in [3.05, 3.63) is 53.6 Å². The first kappa shape index (κ1) is 18.4. The first-order valence-corrected chi connectivity index (χ1v) is 8.09. The van der Waals surface area contributed by atoms with Crippen molar-refractivity contribution in [3.63, 3.8) is 0 Å². The first-order valence-electron chi connectivity index (χ1n) is 6.96. The van der Waals surface area contributed by atoms with E-state index in [1.807, 2.05) is 0 Å². The van der Waals surface area contributed by atoms with Crippen LogP contribution < -0.4 is 4.74 Å². The smallest absolute Gasteiger partial charge is 0.339 e. The number of H-pyrrole nitrogens is 1. The lowest BCUT2D eigenvalue weighted by molar-refractivity contribution is 0.0694. The number of halogens is 4. The van der Waals surface area contributed by atoms with Crippen molar-refractivity contribution in [1.82, 2.24) is 9.97 Å². The second-order valence-electron chi connectivity index (χ2n) is 5.14. The molecule has 3 aromatic rings. The molecule has 0 aliphatic heterocycles. The predicted octanol–water partition coefficient (Wildman–Crippen LogP) is 4.75. The maximum Gasteiger partial charge on any atom is 0.339 e. The average molecular weight is 418 g/mol. The van der Waals surface area contributed by atoms with Crippen molar-refractivity contribution in [2.75, 3.05) is 0 Å². The molecule has 26 heavy (non-hydrogen) atoms. The number of carbonyl (C=O) groups excluding carboxylic acids is 1. The van der Waals surface area contributed by atoms with Crippen LogP contribution in [0.15, 0.2) is 36.7 Å². The number of aromatic carboxylic acids is 1. The van der Waals surface area contributed by atoms with Gasteiger partial charge in [-0.3, -0.25) is 4.79 Å². The highest BCUT2D eigenvalue weighted by molar-refractivity contribution is 6.77. The lowest BCUT2D eigenvalue weighted by atomic mass is 10.1.